The van der Waals surface area contributed by atoms with E-state index in [-0.39, 0.29) is 17.5 Å². The Labute approximate surface area is 109 Å². The van der Waals surface area contributed by atoms with E-state index in [9.17, 15) is 13.2 Å². The largest absolute Gasteiger partial charge is 0.441 e. The first-order valence-corrected chi connectivity index (χ1v) is 7.03. The van der Waals surface area contributed by atoms with Gasteiger partial charge in [0, 0.05) is 18.8 Å². The first kappa shape index (κ1) is 13.7. The van der Waals surface area contributed by atoms with E-state index in [4.69, 9.17) is 0 Å². The van der Waals surface area contributed by atoms with Crippen molar-refractivity contribution < 1.29 is 13.2 Å². The van der Waals surface area contributed by atoms with Crippen LogP contribution < -0.4 is 5.32 Å². The SMILES string of the molecule is FC(F)(F)SCCNCc1cccc(C2CC2)c1. The number of thioether (sulfide) groups is 1. The molecule has 0 aliphatic heterocycles. The van der Waals surface area contributed by atoms with Gasteiger partial charge in [0.2, 0.25) is 0 Å². The molecule has 1 aliphatic carbocycles. The molecule has 1 aliphatic rings. The number of halogens is 3. The minimum Gasteiger partial charge on any atom is -0.312 e. The molecule has 2 rings (SSSR count). The number of rotatable bonds is 6. The molecule has 0 atom stereocenters. The Morgan fingerprint density at radius 2 is 2.06 bits per heavy atom. The molecule has 1 N–H and O–H groups in total. The van der Waals surface area contributed by atoms with E-state index >= 15 is 0 Å². The third kappa shape index (κ3) is 4.90. The Balaban J connectivity index is 1.68. The van der Waals surface area contributed by atoms with Gasteiger partial charge in [-0.25, -0.2) is 0 Å². The lowest BCUT2D eigenvalue weighted by Crippen LogP contribution is -2.18. The van der Waals surface area contributed by atoms with Gasteiger partial charge in [-0.05, 0) is 41.6 Å². The topological polar surface area (TPSA) is 12.0 Å². The molecule has 0 heterocycles. The molecule has 0 spiro atoms. The monoisotopic (exact) mass is 275 g/mol. The number of nitrogens with one attached hydrogen (secondary N) is 1. The number of alkyl halides is 3. The smallest absolute Gasteiger partial charge is 0.312 e. The maximum Gasteiger partial charge on any atom is 0.441 e. The summed E-state index contributed by atoms with van der Waals surface area (Å²) >= 11 is 0.0243. The Kier molecular flexibility index (Phi) is 4.56. The van der Waals surface area contributed by atoms with Gasteiger partial charge < -0.3 is 5.32 Å². The molecule has 18 heavy (non-hydrogen) atoms. The van der Waals surface area contributed by atoms with Gasteiger partial charge in [-0.3, -0.25) is 0 Å². The summed E-state index contributed by atoms with van der Waals surface area (Å²) in [5, 5.41) is 3.04. The summed E-state index contributed by atoms with van der Waals surface area (Å²) in [4.78, 5) is 0. The van der Waals surface area contributed by atoms with Gasteiger partial charge in [0.15, 0.2) is 0 Å². The minimum atomic E-state index is -4.12. The second kappa shape index (κ2) is 5.97. The zero-order valence-corrected chi connectivity index (χ0v) is 10.8. The summed E-state index contributed by atoms with van der Waals surface area (Å²) in [6, 6.07) is 8.31. The van der Waals surface area contributed by atoms with E-state index in [1.807, 2.05) is 12.1 Å². The lowest BCUT2D eigenvalue weighted by Gasteiger charge is -2.08. The Hall–Kier alpha value is -0.680. The molecule has 1 nitrogen and oxygen atoms in total. The highest BCUT2D eigenvalue weighted by atomic mass is 32.2. The third-order valence-corrected chi connectivity index (χ3v) is 3.61. The van der Waals surface area contributed by atoms with Gasteiger partial charge in [0.1, 0.15) is 0 Å². The Morgan fingerprint density at radius 3 is 2.72 bits per heavy atom. The van der Waals surface area contributed by atoms with Crippen molar-refractivity contribution in [2.75, 3.05) is 12.3 Å². The van der Waals surface area contributed by atoms with Crippen LogP contribution in [-0.4, -0.2) is 17.8 Å². The van der Waals surface area contributed by atoms with E-state index in [0.29, 0.717) is 19.0 Å². The Morgan fingerprint density at radius 1 is 1.28 bits per heavy atom. The molecule has 1 saturated carbocycles. The summed E-state index contributed by atoms with van der Waals surface area (Å²) in [6.07, 6.45) is 2.53. The van der Waals surface area contributed by atoms with Gasteiger partial charge in [-0.1, -0.05) is 24.3 Å². The molecule has 1 fully saturated rings. The fourth-order valence-corrected chi connectivity index (χ4v) is 2.32. The van der Waals surface area contributed by atoms with Gasteiger partial charge in [-0.2, -0.15) is 13.2 Å². The summed E-state index contributed by atoms with van der Waals surface area (Å²) in [7, 11) is 0. The molecule has 0 unspecified atom stereocenters. The van der Waals surface area contributed by atoms with Crippen LogP contribution in [0.25, 0.3) is 0 Å². The van der Waals surface area contributed by atoms with Crippen molar-refractivity contribution in [3.63, 3.8) is 0 Å². The summed E-state index contributed by atoms with van der Waals surface area (Å²) in [5.41, 5.74) is -1.61. The molecule has 0 amide bonds. The first-order chi connectivity index (χ1) is 8.54. The van der Waals surface area contributed by atoms with Crippen LogP contribution in [0.3, 0.4) is 0 Å². The van der Waals surface area contributed by atoms with Gasteiger partial charge in [0.05, 0.1) is 0 Å². The maximum atomic E-state index is 11.9. The van der Waals surface area contributed by atoms with Gasteiger partial charge in [-0.15, -0.1) is 0 Å². The van der Waals surface area contributed by atoms with Gasteiger partial charge >= 0.3 is 5.51 Å². The van der Waals surface area contributed by atoms with E-state index in [0.717, 1.165) is 5.56 Å². The van der Waals surface area contributed by atoms with Crippen molar-refractivity contribution >= 4 is 11.8 Å². The lowest BCUT2D eigenvalue weighted by atomic mass is 10.1. The molecular formula is C13H16F3NS. The quantitative estimate of drug-likeness (QED) is 0.790. The fraction of sp³-hybridized carbons (Fsp3) is 0.538. The zero-order chi connectivity index (χ0) is 13.0. The molecule has 5 heteroatoms. The highest BCUT2D eigenvalue weighted by molar-refractivity contribution is 8.00. The van der Waals surface area contributed by atoms with E-state index in [2.05, 4.69) is 17.4 Å². The lowest BCUT2D eigenvalue weighted by molar-refractivity contribution is -0.0327. The second-order valence-electron chi connectivity index (χ2n) is 4.49. The highest BCUT2D eigenvalue weighted by Crippen LogP contribution is 2.40. The molecule has 0 bridgehead atoms. The minimum absolute atomic E-state index is 0.0243. The van der Waals surface area contributed by atoms with Crippen molar-refractivity contribution in [3.8, 4) is 0 Å². The third-order valence-electron chi connectivity index (χ3n) is 2.87. The van der Waals surface area contributed by atoms with Crippen molar-refractivity contribution in [3.05, 3.63) is 35.4 Å². The summed E-state index contributed by atoms with van der Waals surface area (Å²) in [6.45, 7) is 1.01. The molecule has 0 radical (unpaired) electrons. The van der Waals surface area contributed by atoms with Crippen LogP contribution in [0.5, 0.6) is 0 Å². The second-order valence-corrected chi connectivity index (χ2v) is 5.65. The normalized spacial score (nSPS) is 15.9. The van der Waals surface area contributed by atoms with Crippen LogP contribution in [0.1, 0.15) is 29.9 Å². The van der Waals surface area contributed by atoms with Crippen LogP contribution in [-0.2, 0) is 6.54 Å². The van der Waals surface area contributed by atoms with Crippen LogP contribution >= 0.6 is 11.8 Å². The predicted molar refractivity (Wildman–Crippen MR) is 68.6 cm³/mol. The van der Waals surface area contributed by atoms with Crippen LogP contribution in [0.15, 0.2) is 24.3 Å². The van der Waals surface area contributed by atoms with Crippen molar-refractivity contribution in [2.24, 2.45) is 0 Å². The van der Waals surface area contributed by atoms with E-state index in [1.54, 1.807) is 0 Å². The van der Waals surface area contributed by atoms with Crippen molar-refractivity contribution in [1.82, 2.24) is 5.32 Å². The average Bonchev–Trinajstić information content (AvgIpc) is 3.11. The van der Waals surface area contributed by atoms with E-state index in [1.165, 1.54) is 18.4 Å². The Bertz CT molecular complexity index is 388. The highest BCUT2D eigenvalue weighted by Gasteiger charge is 2.27. The molecule has 1 aromatic rings. The van der Waals surface area contributed by atoms with Crippen molar-refractivity contribution in [2.45, 2.75) is 30.8 Å². The summed E-state index contributed by atoms with van der Waals surface area (Å²) in [5.74, 6) is 0.775. The van der Waals surface area contributed by atoms with Crippen LogP contribution in [0.4, 0.5) is 13.2 Å². The average molecular weight is 275 g/mol. The summed E-state index contributed by atoms with van der Waals surface area (Å²) < 4.78 is 35.7. The fourth-order valence-electron chi connectivity index (χ4n) is 1.85. The van der Waals surface area contributed by atoms with Gasteiger partial charge in [0.25, 0.3) is 0 Å². The number of hydrogen-bond acceptors (Lipinski definition) is 2. The predicted octanol–water partition coefficient (Wildman–Crippen LogP) is 3.91. The van der Waals surface area contributed by atoms with E-state index < -0.39 is 5.51 Å². The zero-order valence-electron chi connectivity index (χ0n) is 9.96. The standard InChI is InChI=1S/C13H16F3NS/c14-13(15,16)18-7-6-17-9-10-2-1-3-12(8-10)11-4-5-11/h1-3,8,11,17H,4-7,9H2. The molecule has 100 valence electrons. The van der Waals surface area contributed by atoms with Crippen LogP contribution in [0.2, 0.25) is 0 Å². The molecule has 0 aromatic heterocycles. The van der Waals surface area contributed by atoms with Crippen molar-refractivity contribution in [1.29, 1.82) is 0 Å². The maximum absolute atomic E-state index is 11.9. The first-order valence-electron chi connectivity index (χ1n) is 6.05. The number of benzene rings is 1. The molecule has 1 aromatic carbocycles. The molecule has 0 saturated heterocycles. The van der Waals surface area contributed by atoms with Crippen LogP contribution in [0, 0.1) is 0 Å². The number of hydrogen-bond donors (Lipinski definition) is 1. The molecular weight excluding hydrogens is 259 g/mol.